The number of allylic oxidation sites excluding steroid dienone is 3. The lowest BCUT2D eigenvalue weighted by molar-refractivity contribution is -0.116. The average molecular weight is 325 g/mol. The van der Waals surface area contributed by atoms with Crippen LogP contribution in [0.15, 0.2) is 65.6 Å². The van der Waals surface area contributed by atoms with Gasteiger partial charge in [-0.2, -0.15) is 0 Å². The minimum atomic E-state index is -0.0933. The number of aliphatic hydroxyl groups excluding tert-OH is 1. The van der Waals surface area contributed by atoms with E-state index in [0.29, 0.717) is 30.5 Å². The van der Waals surface area contributed by atoms with Crippen molar-refractivity contribution in [1.29, 1.82) is 0 Å². The summed E-state index contributed by atoms with van der Waals surface area (Å²) < 4.78 is 0. The second-order valence-corrected chi connectivity index (χ2v) is 5.66. The van der Waals surface area contributed by atoms with Crippen LogP contribution in [0, 0.1) is 5.92 Å². The fourth-order valence-electron chi connectivity index (χ4n) is 2.65. The van der Waals surface area contributed by atoms with Crippen molar-refractivity contribution in [1.82, 2.24) is 0 Å². The number of nitrogens with zero attached hydrogens (tertiary/aromatic N) is 1. The molecule has 0 aliphatic heterocycles. The van der Waals surface area contributed by atoms with Crippen LogP contribution in [-0.4, -0.2) is 23.2 Å². The van der Waals surface area contributed by atoms with Gasteiger partial charge in [0, 0.05) is 12.8 Å². The van der Waals surface area contributed by atoms with Crippen LogP contribution >= 0.6 is 0 Å². The number of hydrogen-bond acceptors (Lipinski definition) is 4. The van der Waals surface area contributed by atoms with Crippen LogP contribution in [0.4, 0.5) is 0 Å². The molecule has 126 valence electrons. The van der Waals surface area contributed by atoms with E-state index in [1.54, 1.807) is 6.08 Å². The van der Waals surface area contributed by atoms with E-state index in [2.05, 4.69) is 11.7 Å². The predicted octanol–water partition coefficient (Wildman–Crippen LogP) is 4.46. The zero-order valence-corrected chi connectivity index (χ0v) is 13.9. The summed E-state index contributed by atoms with van der Waals surface area (Å²) in [6, 6.07) is 9.90. The molecule has 0 aromatic heterocycles. The van der Waals surface area contributed by atoms with Crippen LogP contribution in [0.25, 0.3) is 6.08 Å². The largest absolute Gasteiger partial charge is 0.511 e. The molecule has 1 aliphatic carbocycles. The van der Waals surface area contributed by atoms with Gasteiger partial charge in [0.15, 0.2) is 5.78 Å². The quantitative estimate of drug-likeness (QED) is 0.348. The van der Waals surface area contributed by atoms with E-state index in [9.17, 15) is 9.90 Å². The van der Waals surface area contributed by atoms with E-state index in [4.69, 9.17) is 4.84 Å². The Balaban J connectivity index is 2.13. The van der Waals surface area contributed by atoms with Gasteiger partial charge in [-0.3, -0.25) is 4.79 Å². The van der Waals surface area contributed by atoms with Gasteiger partial charge in [-0.25, -0.2) is 0 Å². The molecule has 1 atom stereocenters. The fraction of sp³-hybridized carbons (Fsp3) is 0.300. The zero-order chi connectivity index (χ0) is 17.4. The Labute approximate surface area is 142 Å². The zero-order valence-electron chi connectivity index (χ0n) is 13.9. The second-order valence-electron chi connectivity index (χ2n) is 5.66. The molecule has 2 rings (SSSR count). The summed E-state index contributed by atoms with van der Waals surface area (Å²) in [4.78, 5) is 17.5. The van der Waals surface area contributed by atoms with Crippen LogP contribution < -0.4 is 0 Å². The van der Waals surface area contributed by atoms with Gasteiger partial charge < -0.3 is 9.94 Å². The van der Waals surface area contributed by atoms with Gasteiger partial charge in [0.25, 0.3) is 0 Å². The Kier molecular flexibility index (Phi) is 6.55. The van der Waals surface area contributed by atoms with Crippen LogP contribution in [-0.2, 0) is 9.63 Å². The lowest BCUT2D eigenvalue weighted by Crippen LogP contribution is -2.23. The molecule has 0 saturated heterocycles. The van der Waals surface area contributed by atoms with Crippen LogP contribution in [0.1, 0.15) is 31.7 Å². The maximum Gasteiger partial charge on any atom is 0.168 e. The molecule has 0 bridgehead atoms. The topological polar surface area (TPSA) is 58.9 Å². The Morgan fingerprint density at radius 3 is 2.75 bits per heavy atom. The molecule has 0 amide bonds. The Morgan fingerprint density at radius 2 is 2.12 bits per heavy atom. The van der Waals surface area contributed by atoms with Gasteiger partial charge in [0.2, 0.25) is 0 Å². The number of oxime groups is 1. The monoisotopic (exact) mass is 325 g/mol. The molecular formula is C20H23NO3. The van der Waals surface area contributed by atoms with Gasteiger partial charge in [0.05, 0.1) is 11.3 Å². The molecule has 0 heterocycles. The summed E-state index contributed by atoms with van der Waals surface area (Å²) in [6.07, 6.45) is 6.87. The first-order valence-corrected chi connectivity index (χ1v) is 8.14. The smallest absolute Gasteiger partial charge is 0.168 e. The van der Waals surface area contributed by atoms with Gasteiger partial charge >= 0.3 is 0 Å². The summed E-state index contributed by atoms with van der Waals surface area (Å²) >= 11 is 0. The van der Waals surface area contributed by atoms with Crippen molar-refractivity contribution in [3.8, 4) is 0 Å². The number of aliphatic hydroxyl groups is 1. The number of carbonyl (C=O) groups excluding carboxylic acids is 1. The molecule has 4 heteroatoms. The van der Waals surface area contributed by atoms with E-state index in [0.717, 1.165) is 5.56 Å². The van der Waals surface area contributed by atoms with E-state index >= 15 is 0 Å². The van der Waals surface area contributed by atoms with E-state index in [1.807, 2.05) is 49.4 Å². The second kappa shape index (κ2) is 8.87. The molecule has 1 aromatic rings. The highest BCUT2D eigenvalue weighted by molar-refractivity contribution is 6.23. The van der Waals surface area contributed by atoms with Crippen LogP contribution in [0.5, 0.6) is 0 Å². The number of rotatable bonds is 7. The minimum Gasteiger partial charge on any atom is -0.511 e. The van der Waals surface area contributed by atoms with E-state index in [1.165, 1.54) is 0 Å². The lowest BCUT2D eigenvalue weighted by atomic mass is 9.84. The highest BCUT2D eigenvalue weighted by atomic mass is 16.6. The summed E-state index contributed by atoms with van der Waals surface area (Å²) in [6.45, 7) is 5.70. The summed E-state index contributed by atoms with van der Waals surface area (Å²) in [5.41, 5.74) is 1.88. The molecule has 0 saturated carbocycles. The van der Waals surface area contributed by atoms with Gasteiger partial charge in [-0.05, 0) is 17.9 Å². The van der Waals surface area contributed by atoms with Gasteiger partial charge in [-0.15, -0.1) is 0 Å². The molecule has 24 heavy (non-hydrogen) atoms. The standard InChI is InChI=1S/C20H23NO3/c1-3-12-24-21-17(4-2)20-18(22)13-16(14-19(20)23)11-10-15-8-6-5-7-9-15/h3,5-11,16,22H,1,4,12-14H2,2H3/b11-10+,21-17?. The van der Waals surface area contributed by atoms with Crippen molar-refractivity contribution in [2.45, 2.75) is 26.2 Å². The van der Waals surface area contributed by atoms with Gasteiger partial charge in [0.1, 0.15) is 12.4 Å². The molecular weight excluding hydrogens is 302 g/mol. The third-order valence-corrected chi connectivity index (χ3v) is 3.82. The molecule has 1 N–H and O–H groups in total. The summed E-state index contributed by atoms with van der Waals surface area (Å²) in [7, 11) is 0. The van der Waals surface area contributed by atoms with Crippen LogP contribution in [0.3, 0.4) is 0 Å². The third kappa shape index (κ3) is 4.69. The molecule has 1 aliphatic rings. The van der Waals surface area contributed by atoms with Crippen molar-refractivity contribution < 1.29 is 14.7 Å². The van der Waals surface area contributed by atoms with Crippen molar-refractivity contribution in [3.05, 3.63) is 66.0 Å². The van der Waals surface area contributed by atoms with Gasteiger partial charge in [-0.1, -0.05) is 67.2 Å². The molecule has 0 spiro atoms. The molecule has 4 nitrogen and oxygen atoms in total. The van der Waals surface area contributed by atoms with Crippen molar-refractivity contribution >= 4 is 17.6 Å². The SMILES string of the molecule is C=CCON=C(CC)C1=C(O)CC(/C=C/c2ccccc2)CC1=O. The third-order valence-electron chi connectivity index (χ3n) is 3.82. The van der Waals surface area contributed by atoms with E-state index in [-0.39, 0.29) is 24.1 Å². The predicted molar refractivity (Wildman–Crippen MR) is 96.7 cm³/mol. The Morgan fingerprint density at radius 1 is 1.38 bits per heavy atom. The number of ketones is 1. The van der Waals surface area contributed by atoms with Crippen LogP contribution in [0.2, 0.25) is 0 Å². The minimum absolute atomic E-state index is 0.00587. The van der Waals surface area contributed by atoms with E-state index < -0.39 is 0 Å². The molecule has 1 unspecified atom stereocenters. The Hall–Kier alpha value is -2.62. The lowest BCUT2D eigenvalue weighted by Gasteiger charge is -2.21. The molecule has 0 radical (unpaired) electrons. The van der Waals surface area contributed by atoms with Crippen molar-refractivity contribution in [2.24, 2.45) is 11.1 Å². The number of hydrogen-bond donors (Lipinski definition) is 1. The fourth-order valence-corrected chi connectivity index (χ4v) is 2.65. The number of Topliss-reactive ketones (excluding diaryl/α,β-unsaturated/α-hetero) is 1. The first-order valence-electron chi connectivity index (χ1n) is 8.14. The first-order chi connectivity index (χ1) is 11.7. The number of benzene rings is 1. The Bertz CT molecular complexity index is 671. The highest BCUT2D eigenvalue weighted by Crippen LogP contribution is 2.28. The summed E-state index contributed by atoms with van der Waals surface area (Å²) in [5, 5.41) is 14.3. The molecule has 0 fully saturated rings. The average Bonchev–Trinajstić information content (AvgIpc) is 2.59. The number of carbonyl (C=O) groups is 1. The maximum absolute atomic E-state index is 12.5. The highest BCUT2D eigenvalue weighted by Gasteiger charge is 2.29. The molecule has 1 aromatic carbocycles. The van der Waals surface area contributed by atoms with Crippen molar-refractivity contribution in [2.75, 3.05) is 6.61 Å². The normalized spacial score (nSPS) is 19.0. The summed E-state index contributed by atoms with van der Waals surface area (Å²) in [5.74, 6) is -0.00492. The van der Waals surface area contributed by atoms with Crippen molar-refractivity contribution in [3.63, 3.8) is 0 Å². The maximum atomic E-state index is 12.5. The first kappa shape index (κ1) is 17.7.